The van der Waals surface area contributed by atoms with Crippen molar-refractivity contribution in [2.45, 2.75) is 26.3 Å². The van der Waals surface area contributed by atoms with Crippen LogP contribution in [-0.2, 0) is 6.54 Å². The van der Waals surface area contributed by atoms with E-state index in [9.17, 15) is 0 Å². The molecule has 1 atom stereocenters. The zero-order chi connectivity index (χ0) is 21.2. The summed E-state index contributed by atoms with van der Waals surface area (Å²) in [6.07, 6.45) is 6.98. The van der Waals surface area contributed by atoms with Crippen molar-refractivity contribution in [3.8, 4) is 11.1 Å². The van der Waals surface area contributed by atoms with Gasteiger partial charge in [-0.3, -0.25) is 4.98 Å². The number of rotatable bonds is 3. The Balaban J connectivity index is 0.000000449. The lowest BCUT2D eigenvalue weighted by Crippen LogP contribution is -2.30. The van der Waals surface area contributed by atoms with Crippen LogP contribution in [0, 0.1) is 0 Å². The first-order chi connectivity index (χ1) is 14.1. The van der Waals surface area contributed by atoms with Gasteiger partial charge >= 0.3 is 0 Å². The molecule has 0 spiro atoms. The van der Waals surface area contributed by atoms with Crippen LogP contribution in [0.15, 0.2) is 80.2 Å². The van der Waals surface area contributed by atoms with E-state index < -0.39 is 0 Å². The van der Waals surface area contributed by atoms with Gasteiger partial charge in [-0.1, -0.05) is 75.0 Å². The highest BCUT2D eigenvalue weighted by Crippen LogP contribution is 2.42. The molecule has 0 amide bonds. The number of hydrogen-bond donors (Lipinski definition) is 0. The third-order valence-electron chi connectivity index (χ3n) is 4.59. The smallest absolute Gasteiger partial charge is 0.0934 e. The van der Waals surface area contributed by atoms with E-state index in [4.69, 9.17) is 11.6 Å². The van der Waals surface area contributed by atoms with E-state index in [-0.39, 0.29) is 0 Å². The van der Waals surface area contributed by atoms with Gasteiger partial charge in [-0.2, -0.15) is 0 Å². The van der Waals surface area contributed by atoms with Crippen molar-refractivity contribution >= 4 is 22.9 Å². The molecule has 0 fully saturated rings. The molecule has 0 aliphatic carbocycles. The number of aromatic nitrogens is 1. The first-order valence-corrected chi connectivity index (χ1v) is 11.0. The van der Waals surface area contributed by atoms with Gasteiger partial charge in [0, 0.05) is 36.3 Å². The van der Waals surface area contributed by atoms with Crippen molar-refractivity contribution in [1.82, 2.24) is 9.88 Å². The van der Waals surface area contributed by atoms with E-state index in [0.717, 1.165) is 17.4 Å². The van der Waals surface area contributed by atoms with Gasteiger partial charge in [0.2, 0.25) is 0 Å². The Morgan fingerprint density at radius 1 is 1.07 bits per heavy atom. The summed E-state index contributed by atoms with van der Waals surface area (Å²) in [7, 11) is 2.18. The van der Waals surface area contributed by atoms with Crippen molar-refractivity contribution < 1.29 is 0 Å². The summed E-state index contributed by atoms with van der Waals surface area (Å²) >= 11 is 8.01. The zero-order valence-corrected chi connectivity index (χ0v) is 19.0. The molecule has 1 aliphatic heterocycles. The summed E-state index contributed by atoms with van der Waals surface area (Å²) in [6.45, 7) is 12.7. The molecule has 0 radical (unpaired) electrons. The average Bonchev–Trinajstić information content (AvgIpc) is 3.15. The van der Waals surface area contributed by atoms with Gasteiger partial charge < -0.3 is 4.90 Å². The minimum atomic E-state index is 0.358. The predicted octanol–water partition coefficient (Wildman–Crippen LogP) is 7.43. The van der Waals surface area contributed by atoms with Gasteiger partial charge in [-0.25, -0.2) is 0 Å². The van der Waals surface area contributed by atoms with E-state index in [1.165, 1.54) is 27.1 Å². The van der Waals surface area contributed by atoms with Crippen molar-refractivity contribution in [1.29, 1.82) is 0 Å². The van der Waals surface area contributed by atoms with Crippen LogP contribution >= 0.6 is 22.9 Å². The lowest BCUT2D eigenvalue weighted by Gasteiger charge is -2.31. The molecular formula is C25H29ClN2S. The fourth-order valence-corrected chi connectivity index (χ4v) is 4.83. The summed E-state index contributed by atoms with van der Waals surface area (Å²) in [4.78, 5) is 7.91. The minimum absolute atomic E-state index is 0.358. The van der Waals surface area contributed by atoms with E-state index in [2.05, 4.69) is 72.6 Å². The minimum Gasteiger partial charge on any atom is -0.300 e. The summed E-state index contributed by atoms with van der Waals surface area (Å²) < 4.78 is 0.886. The third-order valence-corrected chi connectivity index (χ3v) is 5.85. The maximum absolute atomic E-state index is 6.30. The summed E-state index contributed by atoms with van der Waals surface area (Å²) in [5, 5.41) is 0. The Morgan fingerprint density at radius 3 is 2.38 bits per heavy atom. The molecule has 4 heteroatoms. The van der Waals surface area contributed by atoms with Crippen LogP contribution in [0.4, 0.5) is 0 Å². The first-order valence-electron chi connectivity index (χ1n) is 9.83. The average molecular weight is 425 g/mol. The van der Waals surface area contributed by atoms with Gasteiger partial charge in [0.05, 0.1) is 4.34 Å². The fourth-order valence-electron chi connectivity index (χ4n) is 3.41. The second-order valence-electron chi connectivity index (χ2n) is 6.47. The molecule has 0 unspecified atom stereocenters. The van der Waals surface area contributed by atoms with Crippen LogP contribution in [0.3, 0.4) is 0 Å². The molecule has 0 saturated heterocycles. The Kier molecular flexibility index (Phi) is 9.33. The number of fused-ring (bicyclic) bond motifs is 1. The van der Waals surface area contributed by atoms with Gasteiger partial charge in [-0.15, -0.1) is 11.3 Å². The van der Waals surface area contributed by atoms with Crippen molar-refractivity contribution in [2.75, 3.05) is 13.6 Å². The lowest BCUT2D eigenvalue weighted by atomic mass is 9.84. The molecule has 0 N–H and O–H groups in total. The monoisotopic (exact) mass is 424 g/mol. The summed E-state index contributed by atoms with van der Waals surface area (Å²) in [5.74, 6) is 0.358. The third kappa shape index (κ3) is 5.89. The van der Waals surface area contributed by atoms with Crippen LogP contribution in [0.25, 0.3) is 11.1 Å². The van der Waals surface area contributed by atoms with Crippen molar-refractivity contribution in [2.24, 2.45) is 0 Å². The maximum Gasteiger partial charge on any atom is 0.0934 e. The number of benzene rings is 1. The quantitative estimate of drug-likeness (QED) is 0.406. The van der Waals surface area contributed by atoms with Crippen LogP contribution in [0.5, 0.6) is 0 Å². The Hall–Kier alpha value is -2.20. The van der Waals surface area contributed by atoms with E-state index in [1.807, 2.05) is 26.2 Å². The molecule has 1 aromatic carbocycles. The van der Waals surface area contributed by atoms with Crippen LogP contribution in [-0.4, -0.2) is 23.5 Å². The van der Waals surface area contributed by atoms with E-state index in [0.29, 0.717) is 5.92 Å². The van der Waals surface area contributed by atoms with Crippen LogP contribution in [0.2, 0.25) is 4.34 Å². The molecule has 0 bridgehead atoms. The summed E-state index contributed by atoms with van der Waals surface area (Å²) in [6, 6.07) is 15.0. The Labute approximate surface area is 184 Å². The topological polar surface area (TPSA) is 16.1 Å². The highest BCUT2D eigenvalue weighted by Gasteiger charge is 2.28. The number of pyridine rings is 1. The van der Waals surface area contributed by atoms with Crippen molar-refractivity contribution in [3.05, 3.63) is 101 Å². The van der Waals surface area contributed by atoms with E-state index >= 15 is 0 Å². The SMILES string of the molecule is C=CC=C.CC.CN1Cc2sc(Cl)cc2[C@H](c2ccccc2-c2ccncc2)C1. The maximum atomic E-state index is 6.30. The molecular weight excluding hydrogens is 396 g/mol. The number of hydrogen-bond acceptors (Lipinski definition) is 3. The normalized spacial score (nSPS) is 15.1. The molecule has 29 heavy (non-hydrogen) atoms. The van der Waals surface area contributed by atoms with Crippen molar-refractivity contribution in [3.63, 3.8) is 0 Å². The van der Waals surface area contributed by atoms with Gasteiger partial charge in [0.15, 0.2) is 0 Å². The fraction of sp³-hybridized carbons (Fsp3) is 0.240. The standard InChI is InChI=1S/C19H17ClN2S.C4H6.C2H6/c1-22-11-17(16-10-19(20)23-18(16)12-22)15-5-3-2-4-14(15)13-6-8-21-9-7-13;1-3-4-2;1-2/h2-10,17H,11-12H2,1H3;3-4H,1-2H2;1-2H3/t17-;;/m0../s1. The molecule has 2 aromatic heterocycles. The number of halogens is 1. The second kappa shape index (κ2) is 11.7. The molecule has 1 aliphatic rings. The molecule has 3 heterocycles. The zero-order valence-electron chi connectivity index (χ0n) is 17.4. The first kappa shape index (κ1) is 23.1. The molecule has 3 aromatic rings. The van der Waals surface area contributed by atoms with Crippen LogP contribution in [0.1, 0.15) is 35.8 Å². The number of nitrogens with zero attached hydrogens (tertiary/aromatic N) is 2. The van der Waals surface area contributed by atoms with Gasteiger partial charge in [0.25, 0.3) is 0 Å². The molecule has 152 valence electrons. The molecule has 4 rings (SSSR count). The highest BCUT2D eigenvalue weighted by atomic mass is 35.5. The van der Waals surface area contributed by atoms with E-state index in [1.54, 1.807) is 23.5 Å². The molecule has 2 nitrogen and oxygen atoms in total. The Bertz CT molecular complexity index is 912. The highest BCUT2D eigenvalue weighted by molar-refractivity contribution is 7.16. The summed E-state index contributed by atoms with van der Waals surface area (Å²) in [5.41, 5.74) is 5.25. The number of thiophene rings is 1. The lowest BCUT2D eigenvalue weighted by molar-refractivity contribution is 0.299. The largest absolute Gasteiger partial charge is 0.300 e. The number of likely N-dealkylation sites (N-methyl/N-ethyl adjacent to an activating group) is 1. The van der Waals surface area contributed by atoms with Gasteiger partial charge in [0.1, 0.15) is 0 Å². The molecule has 0 saturated carbocycles. The Morgan fingerprint density at radius 2 is 1.72 bits per heavy atom. The van der Waals surface area contributed by atoms with Gasteiger partial charge in [-0.05, 0) is 47.5 Å². The van der Waals surface area contributed by atoms with Crippen LogP contribution < -0.4 is 0 Å². The predicted molar refractivity (Wildman–Crippen MR) is 129 cm³/mol. The second-order valence-corrected chi connectivity index (χ2v) is 8.24. The number of allylic oxidation sites excluding steroid dienone is 2.